The van der Waals surface area contributed by atoms with Crippen molar-refractivity contribution < 1.29 is 4.74 Å². The fraction of sp³-hybridized carbons (Fsp3) is 0.308. The van der Waals surface area contributed by atoms with Gasteiger partial charge in [0.15, 0.2) is 0 Å². The van der Waals surface area contributed by atoms with E-state index in [1.807, 2.05) is 24.3 Å². The minimum absolute atomic E-state index is 0.862. The van der Waals surface area contributed by atoms with E-state index in [9.17, 15) is 0 Å². The van der Waals surface area contributed by atoms with Crippen LogP contribution in [0.15, 0.2) is 28.9 Å². The smallest absolute Gasteiger partial charge is 0.149 e. The van der Waals surface area contributed by atoms with E-state index in [1.54, 1.807) is 7.11 Å². The lowest BCUT2D eigenvalue weighted by Gasteiger charge is -2.18. The summed E-state index contributed by atoms with van der Waals surface area (Å²) in [5.41, 5.74) is 1.10. The Balaban J connectivity index is 2.05. The number of fused-ring (bicyclic) bond motifs is 1. The lowest BCUT2D eigenvalue weighted by molar-refractivity contribution is 0.415. The number of hydrogen-bond donors (Lipinski definition) is 1. The largest absolute Gasteiger partial charge is 0.497 e. The molecule has 94 valence electrons. The molecule has 0 saturated carbocycles. The van der Waals surface area contributed by atoms with Gasteiger partial charge in [0.05, 0.1) is 7.11 Å². The molecule has 0 spiro atoms. The van der Waals surface area contributed by atoms with Crippen molar-refractivity contribution in [3.63, 3.8) is 0 Å². The van der Waals surface area contributed by atoms with Gasteiger partial charge in [-0.3, -0.25) is 0 Å². The first-order valence-electron chi connectivity index (χ1n) is 5.94. The van der Waals surface area contributed by atoms with Gasteiger partial charge in [0.2, 0.25) is 0 Å². The molecule has 1 aromatic heterocycles. The Morgan fingerprint density at radius 3 is 2.83 bits per heavy atom. The van der Waals surface area contributed by atoms with Crippen molar-refractivity contribution in [2.75, 3.05) is 19.0 Å². The monoisotopic (exact) mass is 307 g/mol. The highest BCUT2D eigenvalue weighted by atomic mass is 79.9. The maximum absolute atomic E-state index is 5.17. The van der Waals surface area contributed by atoms with Gasteiger partial charge in [-0.15, -0.1) is 0 Å². The fourth-order valence-corrected chi connectivity index (χ4v) is 2.74. The van der Waals surface area contributed by atoms with Gasteiger partial charge in [-0.2, -0.15) is 0 Å². The Morgan fingerprint density at radius 1 is 1.33 bits per heavy atom. The zero-order valence-corrected chi connectivity index (χ0v) is 11.7. The zero-order valence-electron chi connectivity index (χ0n) is 10.1. The summed E-state index contributed by atoms with van der Waals surface area (Å²) in [6.45, 7) is 2.01. The second-order valence-electron chi connectivity index (χ2n) is 4.24. The number of anilines is 1. The Hall–Kier alpha value is -1.49. The molecular formula is C13H14BrN3O. The molecule has 1 aromatic carbocycles. The van der Waals surface area contributed by atoms with Crippen LogP contribution < -0.4 is 10.1 Å². The van der Waals surface area contributed by atoms with Crippen molar-refractivity contribution in [2.24, 2.45) is 0 Å². The third kappa shape index (κ3) is 1.88. The normalized spacial score (nSPS) is 13.9. The number of halogens is 1. The van der Waals surface area contributed by atoms with Gasteiger partial charge in [-0.25, -0.2) is 4.98 Å². The molecule has 18 heavy (non-hydrogen) atoms. The molecule has 1 aliphatic rings. The highest BCUT2D eigenvalue weighted by Crippen LogP contribution is 2.32. The standard InChI is InChI=1S/C13H14BrN3O/c1-18-10-5-3-9(4-6-10)12-16-11(14)13-15-7-2-8-17(12)13/h3-6,15H,2,7-8H2,1H3. The molecule has 1 N–H and O–H groups in total. The Labute approximate surface area is 114 Å². The van der Waals surface area contributed by atoms with E-state index in [4.69, 9.17) is 4.74 Å². The molecule has 0 unspecified atom stereocenters. The van der Waals surface area contributed by atoms with Crippen LogP contribution in [0.2, 0.25) is 0 Å². The number of methoxy groups -OCH3 is 1. The average molecular weight is 308 g/mol. The van der Waals surface area contributed by atoms with Crippen molar-refractivity contribution in [1.29, 1.82) is 0 Å². The minimum Gasteiger partial charge on any atom is -0.497 e. The number of aromatic nitrogens is 2. The van der Waals surface area contributed by atoms with Crippen molar-refractivity contribution in [2.45, 2.75) is 13.0 Å². The number of nitrogens with one attached hydrogen (secondary N) is 1. The number of benzene rings is 1. The minimum atomic E-state index is 0.862. The summed E-state index contributed by atoms with van der Waals surface area (Å²) >= 11 is 3.51. The summed E-state index contributed by atoms with van der Waals surface area (Å²) in [5.74, 6) is 2.93. The van der Waals surface area contributed by atoms with Crippen LogP contribution in [0.25, 0.3) is 11.4 Å². The predicted octanol–water partition coefficient (Wildman–Crippen LogP) is 3.14. The number of imidazole rings is 1. The molecular weight excluding hydrogens is 294 g/mol. The Morgan fingerprint density at radius 2 is 2.11 bits per heavy atom. The molecule has 1 aliphatic heterocycles. The van der Waals surface area contributed by atoms with Crippen molar-refractivity contribution in [3.05, 3.63) is 28.9 Å². The number of rotatable bonds is 2. The summed E-state index contributed by atoms with van der Waals surface area (Å²) in [6, 6.07) is 7.99. The number of nitrogens with zero attached hydrogens (tertiary/aromatic N) is 2. The topological polar surface area (TPSA) is 39.1 Å². The summed E-state index contributed by atoms with van der Waals surface area (Å²) < 4.78 is 8.27. The zero-order chi connectivity index (χ0) is 12.5. The lowest BCUT2D eigenvalue weighted by atomic mass is 10.2. The van der Waals surface area contributed by atoms with Crippen LogP contribution in [0.3, 0.4) is 0 Å². The molecule has 4 nitrogen and oxygen atoms in total. The van der Waals surface area contributed by atoms with Gasteiger partial charge in [0, 0.05) is 18.7 Å². The third-order valence-corrected chi connectivity index (χ3v) is 3.68. The van der Waals surface area contributed by atoms with Crippen LogP contribution in [0.1, 0.15) is 6.42 Å². The van der Waals surface area contributed by atoms with Gasteiger partial charge >= 0.3 is 0 Å². The van der Waals surface area contributed by atoms with E-state index < -0.39 is 0 Å². The van der Waals surface area contributed by atoms with Gasteiger partial charge < -0.3 is 14.6 Å². The van der Waals surface area contributed by atoms with Crippen LogP contribution in [0.4, 0.5) is 5.82 Å². The van der Waals surface area contributed by atoms with Gasteiger partial charge in [0.1, 0.15) is 22.0 Å². The predicted molar refractivity (Wildman–Crippen MR) is 75.0 cm³/mol. The number of hydrogen-bond acceptors (Lipinski definition) is 3. The van der Waals surface area contributed by atoms with E-state index in [0.29, 0.717) is 0 Å². The van der Waals surface area contributed by atoms with Gasteiger partial charge in [-0.05, 0) is 46.6 Å². The van der Waals surface area contributed by atoms with Gasteiger partial charge in [-0.1, -0.05) is 0 Å². The first kappa shape index (κ1) is 11.6. The highest BCUT2D eigenvalue weighted by Gasteiger charge is 2.19. The van der Waals surface area contributed by atoms with Crippen molar-refractivity contribution in [1.82, 2.24) is 9.55 Å². The molecule has 0 amide bonds. The maximum Gasteiger partial charge on any atom is 0.149 e. The molecule has 0 aliphatic carbocycles. The van der Waals surface area contributed by atoms with E-state index in [0.717, 1.165) is 47.1 Å². The second kappa shape index (κ2) is 4.65. The lowest BCUT2D eigenvalue weighted by Crippen LogP contribution is -2.17. The summed E-state index contributed by atoms with van der Waals surface area (Å²) in [6.07, 6.45) is 1.12. The first-order valence-corrected chi connectivity index (χ1v) is 6.73. The molecule has 0 atom stereocenters. The molecule has 0 bridgehead atoms. The SMILES string of the molecule is COc1ccc(-c2nc(Br)c3n2CCCN3)cc1. The highest BCUT2D eigenvalue weighted by molar-refractivity contribution is 9.10. The third-order valence-electron chi connectivity index (χ3n) is 3.12. The van der Waals surface area contributed by atoms with Crippen LogP contribution in [0, 0.1) is 0 Å². The number of ether oxygens (including phenoxy) is 1. The molecule has 2 heterocycles. The van der Waals surface area contributed by atoms with Gasteiger partial charge in [0.25, 0.3) is 0 Å². The average Bonchev–Trinajstić information content (AvgIpc) is 2.77. The van der Waals surface area contributed by atoms with Crippen LogP contribution in [0.5, 0.6) is 5.75 Å². The quantitative estimate of drug-likeness (QED) is 0.926. The Bertz CT molecular complexity index is 562. The van der Waals surface area contributed by atoms with Crippen LogP contribution in [-0.2, 0) is 6.54 Å². The van der Waals surface area contributed by atoms with E-state index in [-0.39, 0.29) is 0 Å². The van der Waals surface area contributed by atoms with Crippen LogP contribution in [-0.4, -0.2) is 23.2 Å². The summed E-state index contributed by atoms with van der Waals surface area (Å²) in [7, 11) is 1.67. The molecule has 0 radical (unpaired) electrons. The summed E-state index contributed by atoms with van der Waals surface area (Å²) in [4.78, 5) is 4.59. The molecule has 0 saturated heterocycles. The van der Waals surface area contributed by atoms with E-state index in [2.05, 4.69) is 30.8 Å². The van der Waals surface area contributed by atoms with E-state index >= 15 is 0 Å². The molecule has 3 rings (SSSR count). The van der Waals surface area contributed by atoms with E-state index in [1.165, 1.54) is 0 Å². The second-order valence-corrected chi connectivity index (χ2v) is 4.99. The molecule has 5 heteroatoms. The molecule has 0 fully saturated rings. The maximum atomic E-state index is 5.17. The van der Waals surface area contributed by atoms with Crippen LogP contribution >= 0.6 is 15.9 Å². The van der Waals surface area contributed by atoms with Crippen molar-refractivity contribution >= 4 is 21.7 Å². The van der Waals surface area contributed by atoms with Crippen molar-refractivity contribution in [3.8, 4) is 17.1 Å². The first-order chi connectivity index (χ1) is 8.79. The molecule has 2 aromatic rings. The fourth-order valence-electron chi connectivity index (χ4n) is 2.21. The Kier molecular flexibility index (Phi) is 2.99. The summed E-state index contributed by atoms with van der Waals surface area (Å²) in [5, 5.41) is 3.37.